The maximum absolute atomic E-state index is 6.33. The summed E-state index contributed by atoms with van der Waals surface area (Å²) in [6, 6.07) is 23.3. The summed E-state index contributed by atoms with van der Waals surface area (Å²) in [6.45, 7) is 13.3. The Labute approximate surface area is 201 Å². The van der Waals surface area contributed by atoms with E-state index in [1.54, 1.807) is 0 Å². The highest BCUT2D eigenvalue weighted by Gasteiger charge is 2.29. The van der Waals surface area contributed by atoms with Crippen LogP contribution in [0.4, 0.5) is 0 Å². The molecule has 0 fully saturated rings. The summed E-state index contributed by atoms with van der Waals surface area (Å²) in [5, 5.41) is 2.17. The third kappa shape index (κ3) is 4.11. The minimum Gasteiger partial charge on any atom is -0.456 e. The van der Waals surface area contributed by atoms with Crippen molar-refractivity contribution in [2.24, 2.45) is 5.41 Å². The van der Waals surface area contributed by atoms with Gasteiger partial charge in [0.25, 0.3) is 0 Å². The molecule has 0 atom stereocenters. The summed E-state index contributed by atoms with van der Waals surface area (Å²) in [4.78, 5) is 9.75. The maximum atomic E-state index is 6.33. The highest BCUT2D eigenvalue weighted by atomic mass is 16.3. The second-order valence-corrected chi connectivity index (χ2v) is 11.1. The third-order valence-electron chi connectivity index (χ3n) is 6.52. The van der Waals surface area contributed by atoms with E-state index in [1.165, 1.54) is 11.1 Å². The van der Waals surface area contributed by atoms with Gasteiger partial charge in [-0.15, -0.1) is 0 Å². The van der Waals surface area contributed by atoms with Gasteiger partial charge in [-0.05, 0) is 60.2 Å². The van der Waals surface area contributed by atoms with Gasteiger partial charge in [-0.25, -0.2) is 0 Å². The van der Waals surface area contributed by atoms with Gasteiger partial charge in [0.1, 0.15) is 11.2 Å². The molecule has 0 radical (unpaired) electrons. The van der Waals surface area contributed by atoms with Crippen LogP contribution in [0.2, 0.25) is 0 Å². The van der Waals surface area contributed by atoms with Crippen molar-refractivity contribution < 1.29 is 4.42 Å². The van der Waals surface area contributed by atoms with E-state index in [1.807, 2.05) is 19.2 Å². The van der Waals surface area contributed by atoms with Gasteiger partial charge in [0.15, 0.2) is 0 Å². The van der Waals surface area contributed by atoms with E-state index in [0.717, 1.165) is 51.0 Å². The maximum Gasteiger partial charge on any atom is 0.139 e. The molecule has 3 heterocycles. The van der Waals surface area contributed by atoms with Gasteiger partial charge in [0.05, 0.1) is 16.8 Å². The summed E-state index contributed by atoms with van der Waals surface area (Å²) >= 11 is 0. The average molecular weight is 449 g/mol. The van der Waals surface area contributed by atoms with Gasteiger partial charge in [-0.1, -0.05) is 65.0 Å². The van der Waals surface area contributed by atoms with Crippen molar-refractivity contribution in [3.8, 4) is 11.3 Å². The van der Waals surface area contributed by atoms with Gasteiger partial charge in [-0.2, -0.15) is 0 Å². The normalized spacial score (nSPS) is 12.5. The lowest BCUT2D eigenvalue weighted by molar-refractivity contribution is 0.411. The minimum absolute atomic E-state index is 0.227. The van der Waals surface area contributed by atoms with Crippen LogP contribution in [-0.4, -0.2) is 9.97 Å². The first-order valence-electron chi connectivity index (χ1n) is 12.0. The van der Waals surface area contributed by atoms with Crippen LogP contribution in [0.1, 0.15) is 57.1 Å². The molecule has 0 N–H and O–H groups in total. The molecule has 34 heavy (non-hydrogen) atoms. The molecule has 0 saturated heterocycles. The number of hydrogen-bond donors (Lipinski definition) is 0. The quantitative estimate of drug-likeness (QED) is 0.278. The zero-order valence-electron chi connectivity index (χ0n) is 20.9. The third-order valence-corrected chi connectivity index (χ3v) is 6.52. The first-order chi connectivity index (χ1) is 16.1. The molecule has 0 aliphatic heterocycles. The van der Waals surface area contributed by atoms with Crippen LogP contribution >= 0.6 is 0 Å². The highest BCUT2D eigenvalue weighted by Crippen LogP contribution is 2.40. The number of nitrogens with zero attached hydrogens (tertiary/aromatic N) is 2. The zero-order valence-corrected chi connectivity index (χ0v) is 20.9. The predicted octanol–water partition coefficient (Wildman–Crippen LogP) is 8.27. The lowest BCUT2D eigenvalue weighted by Crippen LogP contribution is -2.21. The Hall–Kier alpha value is -3.46. The van der Waals surface area contributed by atoms with E-state index in [-0.39, 0.29) is 10.8 Å². The van der Waals surface area contributed by atoms with E-state index in [2.05, 4.69) is 95.3 Å². The number of benzene rings is 2. The fourth-order valence-electron chi connectivity index (χ4n) is 4.87. The Morgan fingerprint density at radius 2 is 1.59 bits per heavy atom. The molecule has 5 aromatic rings. The lowest BCUT2D eigenvalue weighted by atomic mass is 9.79. The lowest BCUT2D eigenvalue weighted by Gasteiger charge is -2.26. The molecular formula is C31H32N2O. The van der Waals surface area contributed by atoms with Gasteiger partial charge in [0, 0.05) is 34.3 Å². The Morgan fingerprint density at radius 3 is 2.32 bits per heavy atom. The molecule has 5 rings (SSSR count). The summed E-state index contributed by atoms with van der Waals surface area (Å²) in [7, 11) is 0. The molecule has 0 aliphatic carbocycles. The zero-order chi connectivity index (χ0) is 24.1. The van der Waals surface area contributed by atoms with Crippen LogP contribution in [0.25, 0.3) is 33.2 Å². The van der Waals surface area contributed by atoms with Gasteiger partial charge < -0.3 is 4.42 Å². The van der Waals surface area contributed by atoms with Crippen molar-refractivity contribution in [2.45, 2.75) is 53.4 Å². The molecule has 172 valence electrons. The number of fused-ring (bicyclic) bond motifs is 3. The van der Waals surface area contributed by atoms with Crippen molar-refractivity contribution in [3.63, 3.8) is 0 Å². The van der Waals surface area contributed by atoms with E-state index in [4.69, 9.17) is 14.4 Å². The second-order valence-electron chi connectivity index (χ2n) is 11.1. The van der Waals surface area contributed by atoms with Crippen molar-refractivity contribution in [3.05, 3.63) is 95.4 Å². The highest BCUT2D eigenvalue weighted by molar-refractivity contribution is 6.08. The van der Waals surface area contributed by atoms with Crippen molar-refractivity contribution in [1.29, 1.82) is 0 Å². The summed E-state index contributed by atoms with van der Waals surface area (Å²) in [6.07, 6.45) is 2.93. The molecule has 0 saturated carbocycles. The SMILES string of the molecule is Cc1cc2oc3ccc(-c4cc(CC(C)(C)C)ccn4)cc3c2c(C(C)(C)c2ccccc2)n1. The van der Waals surface area contributed by atoms with Gasteiger partial charge >= 0.3 is 0 Å². The number of aromatic nitrogens is 2. The largest absolute Gasteiger partial charge is 0.456 e. The van der Waals surface area contributed by atoms with E-state index < -0.39 is 0 Å². The Bertz CT molecular complexity index is 1490. The summed E-state index contributed by atoms with van der Waals surface area (Å²) in [5.74, 6) is 0. The van der Waals surface area contributed by atoms with Crippen LogP contribution in [0.5, 0.6) is 0 Å². The number of rotatable bonds is 4. The number of aryl methyl sites for hydroxylation is 1. The molecule has 2 aromatic carbocycles. The summed E-state index contributed by atoms with van der Waals surface area (Å²) in [5.41, 5.74) is 8.33. The molecule has 3 nitrogen and oxygen atoms in total. The molecule has 3 heteroatoms. The molecule has 3 aromatic heterocycles. The van der Waals surface area contributed by atoms with Crippen LogP contribution in [0.15, 0.2) is 77.3 Å². The monoisotopic (exact) mass is 448 g/mol. The molecule has 0 unspecified atom stereocenters. The van der Waals surface area contributed by atoms with Crippen LogP contribution in [-0.2, 0) is 11.8 Å². The van der Waals surface area contributed by atoms with E-state index in [0.29, 0.717) is 0 Å². The second kappa shape index (κ2) is 8.09. The Morgan fingerprint density at radius 1 is 0.824 bits per heavy atom. The van der Waals surface area contributed by atoms with Crippen LogP contribution in [0, 0.1) is 12.3 Å². The van der Waals surface area contributed by atoms with Crippen molar-refractivity contribution in [2.75, 3.05) is 0 Å². The first kappa shape index (κ1) is 22.3. The standard InChI is InChI=1S/C31H32N2O/c1-20-16-27-28(29(33-20)31(5,6)23-10-8-7-9-11-23)24-18-22(12-13-26(24)34-27)25-17-21(14-15-32-25)19-30(2,3)4/h7-18H,19H2,1-6H3. The van der Waals surface area contributed by atoms with Crippen LogP contribution < -0.4 is 0 Å². The summed E-state index contributed by atoms with van der Waals surface area (Å²) < 4.78 is 6.33. The molecule has 0 spiro atoms. The molecule has 0 amide bonds. The number of hydrogen-bond acceptors (Lipinski definition) is 3. The Kier molecular flexibility index (Phi) is 5.31. The average Bonchev–Trinajstić information content (AvgIpc) is 3.15. The van der Waals surface area contributed by atoms with E-state index >= 15 is 0 Å². The smallest absolute Gasteiger partial charge is 0.139 e. The molecule has 0 aliphatic rings. The number of pyridine rings is 2. The number of furan rings is 1. The molecular weight excluding hydrogens is 416 g/mol. The fraction of sp³-hybridized carbons (Fsp3) is 0.290. The van der Waals surface area contributed by atoms with Gasteiger partial charge in [-0.3, -0.25) is 9.97 Å². The predicted molar refractivity (Wildman–Crippen MR) is 141 cm³/mol. The first-order valence-corrected chi connectivity index (χ1v) is 12.0. The van der Waals surface area contributed by atoms with Crippen molar-refractivity contribution >= 4 is 21.9 Å². The topological polar surface area (TPSA) is 38.9 Å². The fourth-order valence-corrected chi connectivity index (χ4v) is 4.87. The van der Waals surface area contributed by atoms with Gasteiger partial charge in [0.2, 0.25) is 0 Å². The van der Waals surface area contributed by atoms with Crippen LogP contribution in [0.3, 0.4) is 0 Å². The Balaban J connectivity index is 1.71. The minimum atomic E-state index is -0.275. The van der Waals surface area contributed by atoms with Crippen molar-refractivity contribution in [1.82, 2.24) is 9.97 Å². The molecule has 0 bridgehead atoms. The van der Waals surface area contributed by atoms with E-state index in [9.17, 15) is 0 Å².